The summed E-state index contributed by atoms with van der Waals surface area (Å²) in [6.07, 6.45) is 0.0518. The number of rotatable bonds is 10. The Labute approximate surface area is 227 Å². The summed E-state index contributed by atoms with van der Waals surface area (Å²) in [6.45, 7) is 3.03. The fourth-order valence-electron chi connectivity index (χ4n) is 4.02. The van der Waals surface area contributed by atoms with E-state index < -0.39 is 22.7 Å². The number of anilines is 3. The SMILES string of the molecule is CNC(=O)Oc1c(-c2ccc(Nc3ccccc3)cc2)oc2cc(N(CCO)S(C)(=O)=O)c(OC(C)C)cc12. The van der Waals surface area contributed by atoms with Crippen LogP contribution in [0.15, 0.2) is 71.1 Å². The maximum atomic E-state index is 12.6. The number of para-hydroxylation sites is 1. The molecule has 0 fully saturated rings. The highest BCUT2D eigenvalue weighted by molar-refractivity contribution is 7.92. The number of carbonyl (C=O) groups is 1. The molecule has 1 heterocycles. The van der Waals surface area contributed by atoms with Crippen LogP contribution in [0.4, 0.5) is 21.9 Å². The van der Waals surface area contributed by atoms with Crippen LogP contribution in [0.5, 0.6) is 11.5 Å². The minimum absolute atomic E-state index is 0.154. The van der Waals surface area contributed by atoms with Crippen molar-refractivity contribution in [2.24, 2.45) is 0 Å². The Morgan fingerprint density at radius 2 is 1.72 bits per heavy atom. The van der Waals surface area contributed by atoms with Crippen molar-refractivity contribution < 1.29 is 32.2 Å². The van der Waals surface area contributed by atoms with Gasteiger partial charge in [0.1, 0.15) is 11.3 Å². The summed E-state index contributed by atoms with van der Waals surface area (Å²) in [5.74, 6) is 0.662. The van der Waals surface area contributed by atoms with Crippen LogP contribution in [0, 0.1) is 0 Å². The lowest BCUT2D eigenvalue weighted by Crippen LogP contribution is -2.33. The second-order valence-corrected chi connectivity index (χ2v) is 10.9. The zero-order valence-electron chi connectivity index (χ0n) is 22.1. The molecular weight excluding hydrogens is 522 g/mol. The number of fused-ring (bicyclic) bond motifs is 1. The summed E-state index contributed by atoms with van der Waals surface area (Å²) in [7, 11) is -2.32. The van der Waals surface area contributed by atoms with E-state index in [1.807, 2.05) is 54.6 Å². The Balaban J connectivity index is 1.86. The van der Waals surface area contributed by atoms with Crippen LogP contribution < -0.4 is 24.4 Å². The third-order valence-corrected chi connectivity index (χ3v) is 6.85. The summed E-state index contributed by atoms with van der Waals surface area (Å²) in [6, 6.07) is 20.2. The molecule has 0 aliphatic carbocycles. The molecule has 10 nitrogen and oxygen atoms in total. The van der Waals surface area contributed by atoms with Gasteiger partial charge >= 0.3 is 6.09 Å². The van der Waals surface area contributed by atoms with Gasteiger partial charge in [-0.2, -0.15) is 0 Å². The van der Waals surface area contributed by atoms with Crippen molar-refractivity contribution in [1.29, 1.82) is 0 Å². The molecule has 0 atom stereocenters. The van der Waals surface area contributed by atoms with Crippen molar-refractivity contribution in [1.82, 2.24) is 5.32 Å². The number of ether oxygens (including phenoxy) is 2. The summed E-state index contributed by atoms with van der Waals surface area (Å²) in [5.41, 5.74) is 2.88. The van der Waals surface area contributed by atoms with E-state index in [0.717, 1.165) is 21.9 Å². The fourth-order valence-corrected chi connectivity index (χ4v) is 4.93. The van der Waals surface area contributed by atoms with Crippen molar-refractivity contribution in [3.8, 4) is 22.8 Å². The Hall–Kier alpha value is -4.22. The molecule has 11 heteroatoms. The molecule has 0 aliphatic heterocycles. The molecule has 0 unspecified atom stereocenters. The normalized spacial score (nSPS) is 11.4. The van der Waals surface area contributed by atoms with Gasteiger partial charge in [0.2, 0.25) is 10.0 Å². The van der Waals surface area contributed by atoms with E-state index in [1.165, 1.54) is 13.1 Å². The molecule has 39 heavy (non-hydrogen) atoms. The van der Waals surface area contributed by atoms with Gasteiger partial charge in [-0.15, -0.1) is 0 Å². The number of hydrogen-bond donors (Lipinski definition) is 3. The van der Waals surface area contributed by atoms with E-state index in [-0.39, 0.29) is 41.2 Å². The van der Waals surface area contributed by atoms with Gasteiger partial charge in [-0.1, -0.05) is 18.2 Å². The average molecular weight is 554 g/mol. The van der Waals surface area contributed by atoms with E-state index in [9.17, 15) is 18.3 Å². The first-order valence-corrected chi connectivity index (χ1v) is 14.1. The lowest BCUT2D eigenvalue weighted by atomic mass is 10.1. The number of sulfonamides is 1. The summed E-state index contributed by atoms with van der Waals surface area (Å²) < 4.78 is 44.0. The van der Waals surface area contributed by atoms with E-state index in [1.54, 1.807) is 19.9 Å². The predicted octanol–water partition coefficient (Wildman–Crippen LogP) is 5.11. The van der Waals surface area contributed by atoms with Gasteiger partial charge in [0.25, 0.3) is 0 Å². The van der Waals surface area contributed by atoms with Crippen molar-refractivity contribution in [2.45, 2.75) is 20.0 Å². The maximum Gasteiger partial charge on any atom is 0.412 e. The number of aliphatic hydroxyl groups excluding tert-OH is 1. The average Bonchev–Trinajstić information content (AvgIpc) is 3.23. The maximum absolute atomic E-state index is 12.6. The number of amides is 1. The molecule has 206 valence electrons. The molecule has 3 aromatic carbocycles. The van der Waals surface area contributed by atoms with Gasteiger partial charge in [-0.05, 0) is 56.3 Å². The van der Waals surface area contributed by atoms with Gasteiger partial charge in [-0.25, -0.2) is 13.2 Å². The second-order valence-electron chi connectivity index (χ2n) is 9.01. The molecule has 1 aromatic heterocycles. The number of carbonyl (C=O) groups excluding carboxylic acids is 1. The van der Waals surface area contributed by atoms with Crippen LogP contribution in [0.3, 0.4) is 0 Å². The third-order valence-electron chi connectivity index (χ3n) is 5.67. The third kappa shape index (κ3) is 6.44. The smallest absolute Gasteiger partial charge is 0.412 e. The van der Waals surface area contributed by atoms with Crippen LogP contribution in [0.25, 0.3) is 22.3 Å². The van der Waals surface area contributed by atoms with E-state index in [0.29, 0.717) is 10.9 Å². The number of aliphatic hydroxyl groups is 1. The number of benzene rings is 3. The summed E-state index contributed by atoms with van der Waals surface area (Å²) >= 11 is 0. The lowest BCUT2D eigenvalue weighted by molar-refractivity contribution is 0.203. The quantitative estimate of drug-likeness (QED) is 0.247. The molecule has 3 N–H and O–H groups in total. The number of nitrogens with zero attached hydrogens (tertiary/aromatic N) is 1. The zero-order chi connectivity index (χ0) is 28.2. The number of hydrogen-bond acceptors (Lipinski definition) is 8. The van der Waals surface area contributed by atoms with E-state index >= 15 is 0 Å². The predicted molar refractivity (Wildman–Crippen MR) is 151 cm³/mol. The Morgan fingerprint density at radius 3 is 2.31 bits per heavy atom. The molecule has 4 aromatic rings. The molecule has 0 bridgehead atoms. The standard InChI is InChI=1S/C28H31N3O7S/c1-18(2)36-25-16-22-24(17-23(25)31(14-15-32)39(4,34)35)37-26(27(22)38-28(33)29-3)19-10-12-21(13-11-19)30-20-8-6-5-7-9-20/h5-13,16-18,30,32H,14-15H2,1-4H3,(H,29,33). The van der Waals surface area contributed by atoms with Crippen molar-refractivity contribution in [3.63, 3.8) is 0 Å². The number of nitrogens with one attached hydrogen (secondary N) is 2. The first-order valence-electron chi connectivity index (χ1n) is 12.3. The Morgan fingerprint density at radius 1 is 1.05 bits per heavy atom. The largest absolute Gasteiger partial charge is 0.489 e. The monoisotopic (exact) mass is 553 g/mol. The second kappa shape index (κ2) is 11.7. The molecule has 0 aliphatic rings. The minimum atomic E-state index is -3.77. The molecule has 0 saturated carbocycles. The van der Waals surface area contributed by atoms with Crippen LogP contribution in [0.1, 0.15) is 13.8 Å². The summed E-state index contributed by atoms with van der Waals surface area (Å²) in [5, 5.41) is 15.7. The van der Waals surface area contributed by atoms with Crippen LogP contribution >= 0.6 is 0 Å². The highest BCUT2D eigenvalue weighted by atomic mass is 32.2. The van der Waals surface area contributed by atoms with Gasteiger partial charge in [0.05, 0.1) is 36.6 Å². The van der Waals surface area contributed by atoms with Crippen molar-refractivity contribution in [2.75, 3.05) is 36.1 Å². The van der Waals surface area contributed by atoms with Gasteiger partial charge in [0, 0.05) is 30.1 Å². The van der Waals surface area contributed by atoms with E-state index in [2.05, 4.69) is 10.6 Å². The van der Waals surface area contributed by atoms with Crippen molar-refractivity contribution >= 4 is 44.1 Å². The first kappa shape index (κ1) is 27.8. The van der Waals surface area contributed by atoms with Gasteiger partial charge < -0.3 is 29.6 Å². The Bertz CT molecular complexity index is 1550. The van der Waals surface area contributed by atoms with Gasteiger partial charge in [0.15, 0.2) is 11.5 Å². The zero-order valence-corrected chi connectivity index (χ0v) is 22.9. The van der Waals surface area contributed by atoms with Crippen molar-refractivity contribution in [3.05, 3.63) is 66.7 Å². The van der Waals surface area contributed by atoms with Crippen LogP contribution in [0.2, 0.25) is 0 Å². The fraction of sp³-hybridized carbons (Fsp3) is 0.250. The molecule has 4 rings (SSSR count). The Kier molecular flexibility index (Phi) is 8.32. The van der Waals surface area contributed by atoms with Gasteiger partial charge in [-0.3, -0.25) is 4.31 Å². The van der Waals surface area contributed by atoms with E-state index in [4.69, 9.17) is 13.9 Å². The highest BCUT2D eigenvalue weighted by Gasteiger charge is 2.27. The number of furan rings is 1. The van der Waals surface area contributed by atoms with Crippen LogP contribution in [-0.2, 0) is 10.0 Å². The molecule has 1 amide bonds. The molecular formula is C28H31N3O7S. The highest BCUT2D eigenvalue weighted by Crippen LogP contribution is 2.45. The topological polar surface area (TPSA) is 130 Å². The molecule has 0 spiro atoms. The lowest BCUT2D eigenvalue weighted by Gasteiger charge is -2.24. The summed E-state index contributed by atoms with van der Waals surface area (Å²) in [4.78, 5) is 12.3. The molecule has 0 saturated heterocycles. The first-order chi connectivity index (χ1) is 18.6. The van der Waals surface area contributed by atoms with Crippen LogP contribution in [-0.4, -0.2) is 52.2 Å². The molecule has 0 radical (unpaired) electrons. The minimum Gasteiger partial charge on any atom is -0.489 e.